The molecule has 2 rings (SSSR count). The summed E-state index contributed by atoms with van der Waals surface area (Å²) >= 11 is 0. The van der Waals surface area contributed by atoms with Gasteiger partial charge in [-0.25, -0.2) is 4.98 Å². The number of aromatic nitrogens is 2. The molecular weight excluding hydrogens is 192 g/mol. The lowest BCUT2D eigenvalue weighted by Crippen LogP contribution is -2.02. The zero-order valence-electron chi connectivity index (χ0n) is 8.25. The van der Waals surface area contributed by atoms with Gasteiger partial charge in [0.2, 0.25) is 0 Å². The second-order valence-corrected chi connectivity index (χ2v) is 3.03. The molecule has 0 spiro atoms. The van der Waals surface area contributed by atoms with Crippen molar-refractivity contribution < 1.29 is 9.53 Å². The first-order valence-electron chi connectivity index (χ1n) is 4.53. The van der Waals surface area contributed by atoms with Gasteiger partial charge >= 0.3 is 5.97 Å². The molecule has 0 aliphatic carbocycles. The van der Waals surface area contributed by atoms with Crippen LogP contribution in [0.15, 0.2) is 42.9 Å². The van der Waals surface area contributed by atoms with E-state index in [-0.39, 0.29) is 5.97 Å². The maximum absolute atomic E-state index is 10.8. The van der Waals surface area contributed by atoms with Crippen molar-refractivity contribution in [3.05, 3.63) is 42.9 Å². The number of carbonyl (C=O) groups excluding carboxylic acids is 1. The van der Waals surface area contributed by atoms with Crippen LogP contribution in [0.1, 0.15) is 6.92 Å². The summed E-state index contributed by atoms with van der Waals surface area (Å²) in [5.41, 5.74) is 0. The molecule has 15 heavy (non-hydrogen) atoms. The minimum atomic E-state index is -0.334. The quantitative estimate of drug-likeness (QED) is 0.697. The Kier molecular flexibility index (Phi) is 2.49. The predicted molar refractivity (Wildman–Crippen MR) is 54.9 cm³/mol. The molecule has 0 aromatic carbocycles. The van der Waals surface area contributed by atoms with Gasteiger partial charge in [-0.1, -0.05) is 0 Å². The van der Waals surface area contributed by atoms with Crippen LogP contribution >= 0.6 is 0 Å². The first kappa shape index (κ1) is 9.45. The predicted octanol–water partition coefficient (Wildman–Crippen LogP) is 1.80. The molecule has 0 saturated carbocycles. The normalized spacial score (nSPS) is 9.93. The second kappa shape index (κ2) is 3.96. The van der Waals surface area contributed by atoms with Crippen LogP contribution in [-0.2, 0) is 4.79 Å². The molecule has 2 heterocycles. The van der Waals surface area contributed by atoms with E-state index in [0.29, 0.717) is 5.75 Å². The number of pyridine rings is 1. The van der Waals surface area contributed by atoms with E-state index in [1.807, 2.05) is 29.1 Å². The number of hydrogen-bond donors (Lipinski definition) is 0. The van der Waals surface area contributed by atoms with E-state index < -0.39 is 0 Å². The monoisotopic (exact) mass is 202 g/mol. The Labute approximate surface area is 87.1 Å². The van der Waals surface area contributed by atoms with Crippen LogP contribution in [0.3, 0.4) is 0 Å². The maximum Gasteiger partial charge on any atom is 0.308 e. The van der Waals surface area contributed by atoms with E-state index in [2.05, 4.69) is 4.98 Å². The molecular formula is C11H10N2O2. The van der Waals surface area contributed by atoms with Crippen molar-refractivity contribution in [1.29, 1.82) is 0 Å². The Morgan fingerprint density at radius 2 is 2.13 bits per heavy atom. The molecule has 2 aromatic rings. The number of nitrogens with zero attached hydrogens (tertiary/aromatic N) is 2. The number of esters is 1. The molecule has 0 fully saturated rings. The SMILES string of the molecule is CC(=O)Oc1ccnc(-n2cccc2)c1. The van der Waals surface area contributed by atoms with Crippen LogP contribution in [0.25, 0.3) is 5.82 Å². The highest BCUT2D eigenvalue weighted by atomic mass is 16.5. The van der Waals surface area contributed by atoms with Crippen LogP contribution in [0.5, 0.6) is 5.75 Å². The zero-order valence-corrected chi connectivity index (χ0v) is 8.25. The van der Waals surface area contributed by atoms with E-state index in [1.165, 1.54) is 6.92 Å². The van der Waals surface area contributed by atoms with Crippen molar-refractivity contribution in [2.45, 2.75) is 6.92 Å². The summed E-state index contributed by atoms with van der Waals surface area (Å²) in [5, 5.41) is 0. The first-order valence-corrected chi connectivity index (χ1v) is 4.53. The molecule has 0 atom stereocenters. The fraction of sp³-hybridized carbons (Fsp3) is 0.0909. The Morgan fingerprint density at radius 1 is 1.40 bits per heavy atom. The van der Waals surface area contributed by atoms with Crippen LogP contribution in [0.2, 0.25) is 0 Å². The Balaban J connectivity index is 2.31. The Morgan fingerprint density at radius 3 is 2.80 bits per heavy atom. The van der Waals surface area contributed by atoms with Crippen molar-refractivity contribution in [2.24, 2.45) is 0 Å². The van der Waals surface area contributed by atoms with Gasteiger partial charge in [-0.2, -0.15) is 0 Å². The van der Waals surface area contributed by atoms with Gasteiger partial charge in [0.1, 0.15) is 11.6 Å². The lowest BCUT2D eigenvalue weighted by molar-refractivity contribution is -0.131. The van der Waals surface area contributed by atoms with E-state index in [0.717, 1.165) is 5.82 Å². The molecule has 0 aliphatic rings. The summed E-state index contributed by atoms with van der Waals surface area (Å²) in [6.45, 7) is 1.37. The molecule has 0 amide bonds. The van der Waals surface area contributed by atoms with Gasteiger partial charge < -0.3 is 9.30 Å². The molecule has 0 radical (unpaired) electrons. The zero-order chi connectivity index (χ0) is 10.7. The second-order valence-electron chi connectivity index (χ2n) is 3.03. The molecule has 0 aliphatic heterocycles. The van der Waals surface area contributed by atoms with Gasteiger partial charge in [0.25, 0.3) is 0 Å². The molecule has 4 nitrogen and oxygen atoms in total. The van der Waals surface area contributed by atoms with Gasteiger partial charge in [-0.05, 0) is 18.2 Å². The minimum Gasteiger partial charge on any atom is -0.427 e. The Hall–Kier alpha value is -2.10. The largest absolute Gasteiger partial charge is 0.427 e. The lowest BCUT2D eigenvalue weighted by atomic mass is 10.4. The average molecular weight is 202 g/mol. The van der Waals surface area contributed by atoms with Crippen LogP contribution in [0.4, 0.5) is 0 Å². The fourth-order valence-corrected chi connectivity index (χ4v) is 1.26. The minimum absolute atomic E-state index is 0.334. The third-order valence-electron chi connectivity index (χ3n) is 1.85. The molecule has 0 saturated heterocycles. The van der Waals surface area contributed by atoms with E-state index >= 15 is 0 Å². The summed E-state index contributed by atoms with van der Waals surface area (Å²) in [6.07, 6.45) is 5.35. The van der Waals surface area contributed by atoms with E-state index in [1.54, 1.807) is 18.3 Å². The smallest absolute Gasteiger partial charge is 0.308 e. The standard InChI is InChI=1S/C11H10N2O2/c1-9(14)15-10-4-5-12-11(8-10)13-6-2-3-7-13/h2-8H,1H3. The number of carbonyl (C=O) groups is 1. The molecule has 76 valence electrons. The number of ether oxygens (including phenoxy) is 1. The van der Waals surface area contributed by atoms with Crippen molar-refractivity contribution in [3.8, 4) is 11.6 Å². The molecule has 0 bridgehead atoms. The van der Waals surface area contributed by atoms with Crippen LogP contribution < -0.4 is 4.74 Å². The summed E-state index contributed by atoms with van der Waals surface area (Å²) in [4.78, 5) is 14.9. The number of rotatable bonds is 2. The average Bonchev–Trinajstić information content (AvgIpc) is 2.69. The van der Waals surface area contributed by atoms with Crippen molar-refractivity contribution >= 4 is 5.97 Å². The lowest BCUT2D eigenvalue weighted by Gasteiger charge is -2.04. The third kappa shape index (κ3) is 2.22. The van der Waals surface area contributed by atoms with Crippen molar-refractivity contribution in [3.63, 3.8) is 0 Å². The topological polar surface area (TPSA) is 44.1 Å². The summed E-state index contributed by atoms with van der Waals surface area (Å²) in [7, 11) is 0. The van der Waals surface area contributed by atoms with Crippen LogP contribution in [0, 0.1) is 0 Å². The fourth-order valence-electron chi connectivity index (χ4n) is 1.26. The highest BCUT2D eigenvalue weighted by Gasteiger charge is 2.01. The summed E-state index contributed by atoms with van der Waals surface area (Å²) in [6, 6.07) is 7.16. The Bertz CT molecular complexity index is 463. The highest BCUT2D eigenvalue weighted by Crippen LogP contribution is 2.14. The van der Waals surface area contributed by atoms with E-state index in [4.69, 9.17) is 4.74 Å². The van der Waals surface area contributed by atoms with Gasteiger partial charge in [0.05, 0.1) is 0 Å². The van der Waals surface area contributed by atoms with Gasteiger partial charge in [0.15, 0.2) is 0 Å². The third-order valence-corrected chi connectivity index (χ3v) is 1.85. The van der Waals surface area contributed by atoms with Crippen LogP contribution in [-0.4, -0.2) is 15.5 Å². The summed E-state index contributed by atoms with van der Waals surface area (Å²) in [5.74, 6) is 0.889. The van der Waals surface area contributed by atoms with E-state index in [9.17, 15) is 4.79 Å². The van der Waals surface area contributed by atoms with Crippen molar-refractivity contribution in [2.75, 3.05) is 0 Å². The van der Waals surface area contributed by atoms with Crippen molar-refractivity contribution in [1.82, 2.24) is 9.55 Å². The number of hydrogen-bond acceptors (Lipinski definition) is 3. The first-order chi connectivity index (χ1) is 7.25. The maximum atomic E-state index is 10.8. The molecule has 2 aromatic heterocycles. The molecule has 4 heteroatoms. The summed E-state index contributed by atoms with van der Waals surface area (Å²) < 4.78 is 6.80. The molecule has 0 N–H and O–H groups in total. The van der Waals surface area contributed by atoms with Gasteiger partial charge in [0, 0.05) is 31.6 Å². The van der Waals surface area contributed by atoms with Gasteiger partial charge in [-0.15, -0.1) is 0 Å². The van der Waals surface area contributed by atoms with Gasteiger partial charge in [-0.3, -0.25) is 4.79 Å². The molecule has 0 unspecified atom stereocenters. The highest BCUT2D eigenvalue weighted by molar-refractivity contribution is 5.69.